The summed E-state index contributed by atoms with van der Waals surface area (Å²) in [6.07, 6.45) is 4.65. The Morgan fingerprint density at radius 1 is 1.24 bits per heavy atom. The molecule has 130 valence electrons. The van der Waals surface area contributed by atoms with Gasteiger partial charge in [-0.2, -0.15) is 0 Å². The number of hydrogen-bond acceptors (Lipinski definition) is 5. The van der Waals surface area contributed by atoms with Gasteiger partial charge < -0.3 is 14.8 Å². The topological polar surface area (TPSA) is 101 Å². The first-order valence-corrected chi connectivity index (χ1v) is 9.58. The number of aromatic nitrogens is 2. The molecule has 1 amide bonds. The molecule has 8 heteroatoms. The second-order valence-electron chi connectivity index (χ2n) is 5.81. The number of imidazole rings is 1. The van der Waals surface area contributed by atoms with E-state index in [0.717, 1.165) is 0 Å². The lowest BCUT2D eigenvalue weighted by molar-refractivity contribution is 0.0950. The van der Waals surface area contributed by atoms with Gasteiger partial charge in [0.1, 0.15) is 0 Å². The van der Waals surface area contributed by atoms with Gasteiger partial charge in [0.2, 0.25) is 0 Å². The molecule has 0 aliphatic carbocycles. The van der Waals surface area contributed by atoms with Gasteiger partial charge >= 0.3 is 0 Å². The van der Waals surface area contributed by atoms with Gasteiger partial charge in [0.15, 0.2) is 21.2 Å². The van der Waals surface area contributed by atoms with Crippen LogP contribution in [0.25, 0.3) is 5.65 Å². The largest absolute Gasteiger partial charge is 0.504 e. The summed E-state index contributed by atoms with van der Waals surface area (Å²) < 4.78 is 24.2. The summed E-state index contributed by atoms with van der Waals surface area (Å²) in [5, 5.41) is 12.5. The fourth-order valence-corrected chi connectivity index (χ4v) is 3.26. The average Bonchev–Trinajstić information content (AvgIpc) is 2.96. The Morgan fingerprint density at radius 3 is 2.60 bits per heavy atom. The minimum Gasteiger partial charge on any atom is -0.504 e. The molecule has 0 saturated heterocycles. The third-order valence-electron chi connectivity index (χ3n) is 3.59. The summed E-state index contributed by atoms with van der Waals surface area (Å²) in [5.41, 5.74) is 2.11. The lowest BCUT2D eigenvalue weighted by Gasteiger charge is -2.05. The molecule has 7 nitrogen and oxygen atoms in total. The van der Waals surface area contributed by atoms with Crippen LogP contribution in [0.3, 0.4) is 0 Å². The van der Waals surface area contributed by atoms with Gasteiger partial charge in [-0.05, 0) is 29.8 Å². The number of fused-ring (bicyclic) bond motifs is 1. The first-order valence-electron chi connectivity index (χ1n) is 7.52. The van der Waals surface area contributed by atoms with E-state index in [-0.39, 0.29) is 24.0 Å². The van der Waals surface area contributed by atoms with Crippen LogP contribution in [0.2, 0.25) is 0 Å². The maximum Gasteiger partial charge on any atom is 0.251 e. The first kappa shape index (κ1) is 17.0. The van der Waals surface area contributed by atoms with Gasteiger partial charge in [-0.1, -0.05) is 12.1 Å². The maximum atomic E-state index is 12.2. The number of benzene rings is 1. The van der Waals surface area contributed by atoms with Crippen molar-refractivity contribution in [1.82, 2.24) is 14.7 Å². The van der Waals surface area contributed by atoms with Crippen LogP contribution in [0, 0.1) is 0 Å². The Balaban J connectivity index is 1.66. The Labute approximate surface area is 144 Å². The predicted octanol–water partition coefficient (Wildman–Crippen LogP) is 1.51. The highest BCUT2D eigenvalue weighted by molar-refractivity contribution is 7.89. The van der Waals surface area contributed by atoms with Crippen LogP contribution in [0.1, 0.15) is 21.6 Å². The van der Waals surface area contributed by atoms with Crippen LogP contribution < -0.4 is 5.32 Å². The van der Waals surface area contributed by atoms with E-state index < -0.39 is 9.84 Å². The van der Waals surface area contributed by atoms with Crippen LogP contribution in [0.4, 0.5) is 0 Å². The molecule has 2 N–H and O–H groups in total. The molecule has 0 radical (unpaired) electrons. The van der Waals surface area contributed by atoms with E-state index in [2.05, 4.69) is 10.3 Å². The Kier molecular flexibility index (Phi) is 4.45. The summed E-state index contributed by atoms with van der Waals surface area (Å²) >= 11 is 0. The van der Waals surface area contributed by atoms with E-state index in [1.165, 1.54) is 6.26 Å². The van der Waals surface area contributed by atoms with E-state index in [4.69, 9.17) is 0 Å². The monoisotopic (exact) mass is 359 g/mol. The second-order valence-corrected chi connectivity index (χ2v) is 7.95. The van der Waals surface area contributed by atoms with Crippen molar-refractivity contribution in [2.75, 3.05) is 6.26 Å². The van der Waals surface area contributed by atoms with Gasteiger partial charge in [0.05, 0.1) is 18.0 Å². The minimum atomic E-state index is -3.10. The van der Waals surface area contributed by atoms with Crippen molar-refractivity contribution in [3.05, 3.63) is 65.6 Å². The Morgan fingerprint density at radius 2 is 1.96 bits per heavy atom. The number of pyridine rings is 1. The zero-order valence-corrected chi connectivity index (χ0v) is 14.3. The molecule has 0 spiro atoms. The molecule has 0 unspecified atom stereocenters. The molecule has 25 heavy (non-hydrogen) atoms. The summed E-state index contributed by atoms with van der Waals surface area (Å²) in [7, 11) is -3.10. The van der Waals surface area contributed by atoms with Gasteiger partial charge in [-0.3, -0.25) is 4.79 Å². The normalized spacial score (nSPS) is 11.6. The van der Waals surface area contributed by atoms with E-state index in [0.29, 0.717) is 22.5 Å². The van der Waals surface area contributed by atoms with E-state index >= 15 is 0 Å². The SMILES string of the molecule is CS(=O)(=O)Cc1ccc(C(=O)NCc2cn3cccc(O)c3n2)cc1. The molecule has 0 saturated carbocycles. The number of aromatic hydroxyl groups is 1. The molecule has 1 aromatic carbocycles. The van der Waals surface area contributed by atoms with E-state index in [1.54, 1.807) is 53.2 Å². The predicted molar refractivity (Wildman–Crippen MR) is 93.0 cm³/mol. The highest BCUT2D eigenvalue weighted by Crippen LogP contribution is 2.16. The standard InChI is InChI=1S/C17H17N3O4S/c1-25(23,24)11-12-4-6-13(7-5-12)17(22)18-9-14-10-20-8-2-3-15(21)16(20)19-14/h2-8,10,21H,9,11H2,1H3,(H,18,22). The highest BCUT2D eigenvalue weighted by atomic mass is 32.2. The van der Waals surface area contributed by atoms with Crippen LogP contribution in [-0.2, 0) is 22.1 Å². The number of amides is 1. The molecule has 0 aliphatic heterocycles. The fraction of sp³-hybridized carbons (Fsp3) is 0.176. The summed E-state index contributed by atoms with van der Waals surface area (Å²) in [4.78, 5) is 16.4. The summed E-state index contributed by atoms with van der Waals surface area (Å²) in [6, 6.07) is 9.67. The van der Waals surface area contributed by atoms with Crippen molar-refractivity contribution >= 4 is 21.4 Å². The van der Waals surface area contributed by atoms with Gasteiger partial charge in [0, 0.05) is 24.2 Å². The van der Waals surface area contributed by atoms with Crippen molar-refractivity contribution in [3.8, 4) is 5.75 Å². The number of carbonyl (C=O) groups is 1. The summed E-state index contributed by atoms with van der Waals surface area (Å²) in [5.74, 6) is -0.270. The van der Waals surface area contributed by atoms with Crippen molar-refractivity contribution in [2.45, 2.75) is 12.3 Å². The third-order valence-corrected chi connectivity index (χ3v) is 4.44. The summed E-state index contributed by atoms with van der Waals surface area (Å²) in [6.45, 7) is 0.213. The highest BCUT2D eigenvalue weighted by Gasteiger charge is 2.10. The minimum absolute atomic E-state index is 0.0559. The number of hydrogen-bond donors (Lipinski definition) is 2. The van der Waals surface area contributed by atoms with Crippen LogP contribution in [0.15, 0.2) is 48.8 Å². The molecule has 2 heterocycles. The fourth-order valence-electron chi connectivity index (χ4n) is 2.46. The van der Waals surface area contributed by atoms with Crippen molar-refractivity contribution in [3.63, 3.8) is 0 Å². The molecule has 2 aromatic heterocycles. The first-order chi connectivity index (χ1) is 11.8. The Hall–Kier alpha value is -2.87. The van der Waals surface area contributed by atoms with Crippen LogP contribution >= 0.6 is 0 Å². The number of nitrogens with one attached hydrogen (secondary N) is 1. The molecule has 0 fully saturated rings. The lowest BCUT2D eigenvalue weighted by Crippen LogP contribution is -2.22. The number of sulfone groups is 1. The second kappa shape index (κ2) is 6.56. The average molecular weight is 359 g/mol. The van der Waals surface area contributed by atoms with Crippen molar-refractivity contribution in [2.24, 2.45) is 0 Å². The van der Waals surface area contributed by atoms with E-state index in [9.17, 15) is 18.3 Å². The van der Waals surface area contributed by atoms with Crippen molar-refractivity contribution < 1.29 is 18.3 Å². The number of nitrogens with zero attached hydrogens (tertiary/aromatic N) is 2. The number of carbonyl (C=O) groups excluding carboxylic acids is 1. The molecule has 3 aromatic rings. The molecule has 0 atom stereocenters. The van der Waals surface area contributed by atoms with Gasteiger partial charge in [-0.25, -0.2) is 13.4 Å². The smallest absolute Gasteiger partial charge is 0.251 e. The molecule has 0 bridgehead atoms. The number of rotatable bonds is 5. The molecular formula is C17H17N3O4S. The lowest BCUT2D eigenvalue weighted by atomic mass is 10.1. The van der Waals surface area contributed by atoms with Crippen LogP contribution in [0.5, 0.6) is 5.75 Å². The maximum absolute atomic E-state index is 12.2. The molecule has 0 aliphatic rings. The zero-order valence-electron chi connectivity index (χ0n) is 13.5. The van der Waals surface area contributed by atoms with Crippen LogP contribution in [-0.4, -0.2) is 35.1 Å². The Bertz CT molecular complexity index is 1020. The zero-order chi connectivity index (χ0) is 18.0. The molecule has 3 rings (SSSR count). The van der Waals surface area contributed by atoms with Gasteiger partial charge in [-0.15, -0.1) is 0 Å². The third kappa shape index (κ3) is 4.16. The van der Waals surface area contributed by atoms with Crippen molar-refractivity contribution in [1.29, 1.82) is 0 Å². The van der Waals surface area contributed by atoms with E-state index in [1.807, 2.05) is 0 Å². The quantitative estimate of drug-likeness (QED) is 0.719. The van der Waals surface area contributed by atoms with Gasteiger partial charge in [0.25, 0.3) is 5.91 Å². The molecular weight excluding hydrogens is 342 g/mol.